The summed E-state index contributed by atoms with van der Waals surface area (Å²) in [5.74, 6) is -0.963. The van der Waals surface area contributed by atoms with Gasteiger partial charge in [-0.25, -0.2) is 4.79 Å². The van der Waals surface area contributed by atoms with Crippen molar-refractivity contribution in [3.63, 3.8) is 0 Å². The number of carboxylic acids is 1. The molecule has 0 saturated heterocycles. The Hall–Kier alpha value is -2.16. The van der Waals surface area contributed by atoms with Gasteiger partial charge < -0.3 is 5.11 Å². The van der Waals surface area contributed by atoms with Crippen molar-refractivity contribution >= 4 is 22.8 Å². The van der Waals surface area contributed by atoms with Crippen molar-refractivity contribution in [1.29, 1.82) is 0 Å². The second kappa shape index (κ2) is 4.78. The van der Waals surface area contributed by atoms with E-state index in [0.717, 1.165) is 23.3 Å². The molecule has 0 unspecified atom stereocenters. The van der Waals surface area contributed by atoms with Crippen LogP contribution in [0.1, 0.15) is 18.2 Å². The number of hydrogen-bond donors (Lipinski definition) is 1. The summed E-state index contributed by atoms with van der Waals surface area (Å²) >= 11 is 0. The highest BCUT2D eigenvalue weighted by Crippen LogP contribution is 2.20. The Morgan fingerprint density at radius 2 is 2.24 bits per heavy atom. The molecule has 17 heavy (non-hydrogen) atoms. The van der Waals surface area contributed by atoms with Crippen LogP contribution < -0.4 is 0 Å². The van der Waals surface area contributed by atoms with Crippen molar-refractivity contribution in [3.05, 3.63) is 47.8 Å². The Balaban J connectivity index is 2.58. The molecule has 3 nitrogen and oxygen atoms in total. The van der Waals surface area contributed by atoms with Gasteiger partial charge in [0, 0.05) is 17.7 Å². The van der Waals surface area contributed by atoms with E-state index in [1.54, 1.807) is 6.20 Å². The Morgan fingerprint density at radius 3 is 2.94 bits per heavy atom. The molecule has 3 heteroatoms. The number of carbonyl (C=O) groups is 1. The second-order valence-electron chi connectivity index (χ2n) is 3.78. The van der Waals surface area contributed by atoms with Crippen molar-refractivity contribution in [1.82, 2.24) is 4.98 Å². The molecular weight excluding hydrogens is 214 g/mol. The Labute approximate surface area is 99.4 Å². The number of benzene rings is 1. The number of carboxylic acid groups (broad SMARTS) is 1. The molecule has 0 spiro atoms. The minimum absolute atomic E-state index is 0.695. The fraction of sp³-hybridized carbons (Fsp3) is 0.143. The lowest BCUT2D eigenvalue weighted by Crippen LogP contribution is -1.89. The summed E-state index contributed by atoms with van der Waals surface area (Å²) in [6.45, 7) is 2.09. The first-order valence-electron chi connectivity index (χ1n) is 5.49. The first kappa shape index (κ1) is 11.3. The largest absolute Gasteiger partial charge is 0.478 e. The summed E-state index contributed by atoms with van der Waals surface area (Å²) in [5.41, 5.74) is 1.91. The third-order valence-corrected chi connectivity index (χ3v) is 2.65. The monoisotopic (exact) mass is 227 g/mol. The van der Waals surface area contributed by atoms with Crippen LogP contribution in [0.25, 0.3) is 16.8 Å². The average Bonchev–Trinajstić information content (AvgIpc) is 2.35. The highest BCUT2D eigenvalue weighted by atomic mass is 16.4. The number of aromatic nitrogens is 1. The van der Waals surface area contributed by atoms with Crippen LogP contribution in [-0.4, -0.2) is 16.1 Å². The molecule has 0 atom stereocenters. The topological polar surface area (TPSA) is 50.2 Å². The van der Waals surface area contributed by atoms with Crippen LogP contribution in [-0.2, 0) is 11.2 Å². The minimum atomic E-state index is -0.963. The van der Waals surface area contributed by atoms with Crippen LogP contribution in [0.15, 0.2) is 36.5 Å². The lowest BCUT2D eigenvalue weighted by molar-refractivity contribution is -0.131. The zero-order valence-electron chi connectivity index (χ0n) is 9.55. The Bertz CT molecular complexity index is 588. The predicted octanol–water partition coefficient (Wildman–Crippen LogP) is 2.90. The molecule has 1 N–H and O–H groups in total. The quantitative estimate of drug-likeness (QED) is 0.820. The molecule has 1 aromatic heterocycles. The second-order valence-corrected chi connectivity index (χ2v) is 3.78. The molecule has 0 bridgehead atoms. The van der Waals surface area contributed by atoms with Gasteiger partial charge in [-0.15, -0.1) is 0 Å². The maximum absolute atomic E-state index is 10.5. The van der Waals surface area contributed by atoms with Gasteiger partial charge in [-0.3, -0.25) is 4.98 Å². The Kier molecular flexibility index (Phi) is 3.19. The van der Waals surface area contributed by atoms with Gasteiger partial charge in [0.05, 0.1) is 5.69 Å². The molecule has 86 valence electrons. The van der Waals surface area contributed by atoms with Crippen molar-refractivity contribution in [2.45, 2.75) is 13.3 Å². The molecule has 0 radical (unpaired) electrons. The van der Waals surface area contributed by atoms with Crippen molar-refractivity contribution in [2.24, 2.45) is 0 Å². The number of hydrogen-bond acceptors (Lipinski definition) is 2. The molecule has 2 aromatic rings. The van der Waals surface area contributed by atoms with E-state index < -0.39 is 5.97 Å². The van der Waals surface area contributed by atoms with Crippen LogP contribution in [0.2, 0.25) is 0 Å². The molecular formula is C14H13NO2. The van der Waals surface area contributed by atoms with Crippen LogP contribution in [0, 0.1) is 0 Å². The van der Waals surface area contributed by atoms with Crippen LogP contribution in [0.4, 0.5) is 0 Å². The molecule has 2 rings (SSSR count). The van der Waals surface area contributed by atoms with Gasteiger partial charge in [0.1, 0.15) is 0 Å². The van der Waals surface area contributed by atoms with Gasteiger partial charge in [-0.1, -0.05) is 19.1 Å². The summed E-state index contributed by atoms with van der Waals surface area (Å²) in [6, 6.07) is 8.09. The van der Waals surface area contributed by atoms with Crippen LogP contribution in [0.5, 0.6) is 0 Å². The van der Waals surface area contributed by atoms with Crippen molar-refractivity contribution in [3.8, 4) is 0 Å². The molecule has 1 heterocycles. The third kappa shape index (κ3) is 2.50. The fourth-order valence-electron chi connectivity index (χ4n) is 1.74. The van der Waals surface area contributed by atoms with E-state index in [4.69, 9.17) is 5.11 Å². The predicted molar refractivity (Wildman–Crippen MR) is 67.8 cm³/mol. The van der Waals surface area contributed by atoms with E-state index in [2.05, 4.69) is 24.0 Å². The number of fused-ring (bicyclic) bond motifs is 1. The van der Waals surface area contributed by atoms with Gasteiger partial charge in [0.25, 0.3) is 0 Å². The molecule has 0 aliphatic carbocycles. The molecule has 0 saturated carbocycles. The number of nitrogens with zero attached hydrogens (tertiary/aromatic N) is 1. The summed E-state index contributed by atoms with van der Waals surface area (Å²) in [6.07, 6.45) is 5.28. The van der Waals surface area contributed by atoms with E-state index in [9.17, 15) is 4.79 Å². The molecule has 0 aliphatic rings. The van der Waals surface area contributed by atoms with E-state index >= 15 is 0 Å². The summed E-state index contributed by atoms with van der Waals surface area (Å²) in [4.78, 5) is 14.7. The SMILES string of the molecule is CCc1ccc2ccnc(/C=C/C(=O)O)c2c1. The number of aryl methyl sites for hydroxylation is 1. The highest BCUT2D eigenvalue weighted by Gasteiger charge is 2.01. The zero-order chi connectivity index (χ0) is 12.3. The number of rotatable bonds is 3. The first-order chi connectivity index (χ1) is 8.20. The van der Waals surface area contributed by atoms with E-state index in [1.807, 2.05) is 12.1 Å². The normalized spacial score (nSPS) is 11.1. The highest BCUT2D eigenvalue weighted by molar-refractivity contribution is 5.93. The summed E-state index contributed by atoms with van der Waals surface area (Å²) in [5, 5.41) is 10.7. The van der Waals surface area contributed by atoms with Crippen LogP contribution in [0.3, 0.4) is 0 Å². The standard InChI is InChI=1S/C14H13NO2/c1-2-10-3-4-11-7-8-15-13(12(11)9-10)5-6-14(16)17/h3-9H,2H2,1H3,(H,16,17)/b6-5+. The lowest BCUT2D eigenvalue weighted by atomic mass is 10.0. The maximum Gasteiger partial charge on any atom is 0.328 e. The molecule has 0 fully saturated rings. The Morgan fingerprint density at radius 1 is 1.41 bits per heavy atom. The lowest BCUT2D eigenvalue weighted by Gasteiger charge is -2.03. The molecule has 1 aromatic carbocycles. The molecule has 0 aliphatic heterocycles. The van der Waals surface area contributed by atoms with E-state index in [0.29, 0.717) is 5.69 Å². The van der Waals surface area contributed by atoms with Gasteiger partial charge in [-0.2, -0.15) is 0 Å². The average molecular weight is 227 g/mol. The van der Waals surface area contributed by atoms with Gasteiger partial charge in [0.2, 0.25) is 0 Å². The van der Waals surface area contributed by atoms with Gasteiger partial charge >= 0.3 is 5.97 Å². The van der Waals surface area contributed by atoms with Gasteiger partial charge in [0.15, 0.2) is 0 Å². The van der Waals surface area contributed by atoms with Gasteiger partial charge in [-0.05, 0) is 35.6 Å². The van der Waals surface area contributed by atoms with Crippen molar-refractivity contribution in [2.75, 3.05) is 0 Å². The third-order valence-electron chi connectivity index (χ3n) is 2.65. The fourth-order valence-corrected chi connectivity index (χ4v) is 1.74. The zero-order valence-corrected chi connectivity index (χ0v) is 9.55. The minimum Gasteiger partial charge on any atom is -0.478 e. The number of aliphatic carboxylic acids is 1. The number of pyridine rings is 1. The first-order valence-corrected chi connectivity index (χ1v) is 5.49. The van der Waals surface area contributed by atoms with Crippen LogP contribution >= 0.6 is 0 Å². The van der Waals surface area contributed by atoms with E-state index in [1.165, 1.54) is 11.6 Å². The molecule has 0 amide bonds. The summed E-state index contributed by atoms with van der Waals surface area (Å²) < 4.78 is 0. The van der Waals surface area contributed by atoms with Crippen molar-refractivity contribution < 1.29 is 9.90 Å². The summed E-state index contributed by atoms with van der Waals surface area (Å²) in [7, 11) is 0. The maximum atomic E-state index is 10.5. The smallest absolute Gasteiger partial charge is 0.328 e. The van der Waals surface area contributed by atoms with E-state index in [-0.39, 0.29) is 0 Å².